The molecule has 0 radical (unpaired) electrons. The lowest BCUT2D eigenvalue weighted by molar-refractivity contribution is -0.134. The molecule has 2 rings (SSSR count). The molecule has 0 aliphatic heterocycles. The number of carbonyl (C=O) groups is 4. The number of aliphatic hydroxyl groups excluding tert-OH is 1. The number of likely N-dealkylation sites (N-methyl/N-ethyl adjacent to an activating group) is 1. The molecule has 0 spiro atoms. The first-order valence-corrected chi connectivity index (χ1v) is 15.2. The number of aliphatic hydroxyl groups is 1. The van der Waals surface area contributed by atoms with E-state index >= 15 is 0 Å². The number of pyridine rings is 1. The van der Waals surface area contributed by atoms with Crippen LogP contribution in [0.25, 0.3) is 0 Å². The Morgan fingerprint density at radius 3 is 2.20 bits per heavy atom. The van der Waals surface area contributed by atoms with Crippen LogP contribution in [-0.4, -0.2) is 80.3 Å². The van der Waals surface area contributed by atoms with E-state index in [0.717, 1.165) is 4.90 Å². The zero-order valence-corrected chi connectivity index (χ0v) is 26.8. The monoisotopic (exact) mass is 615 g/mol. The van der Waals surface area contributed by atoms with Gasteiger partial charge < -0.3 is 31.1 Å². The third-order valence-electron chi connectivity index (χ3n) is 7.88. The predicted molar refractivity (Wildman–Crippen MR) is 167 cm³/mol. The number of aromatic nitrogens is 3. The molecule has 13 nitrogen and oxygen atoms in total. The highest BCUT2D eigenvalue weighted by atomic mass is 16.4. The maximum atomic E-state index is 13.9. The minimum Gasteiger partial charge on any atom is -0.465 e. The van der Waals surface area contributed by atoms with Crippen molar-refractivity contribution in [1.29, 1.82) is 0 Å². The number of carboxylic acid groups (broad SMARTS) is 1. The van der Waals surface area contributed by atoms with Gasteiger partial charge in [-0.1, -0.05) is 54.0 Å². The molecule has 2 heterocycles. The van der Waals surface area contributed by atoms with Crippen molar-refractivity contribution in [2.75, 3.05) is 11.9 Å². The van der Waals surface area contributed by atoms with Gasteiger partial charge in [0.05, 0.1) is 18.5 Å². The number of amides is 4. The lowest BCUT2D eigenvalue weighted by atomic mass is 9.85. The first-order valence-electron chi connectivity index (χ1n) is 15.2. The van der Waals surface area contributed by atoms with Gasteiger partial charge in [-0.3, -0.25) is 14.4 Å². The fraction of sp³-hybridized carbons (Fsp3) is 0.613. The number of rotatable bonds is 17. The summed E-state index contributed by atoms with van der Waals surface area (Å²) in [5.41, 5.74) is 0.539. The Labute approximate surface area is 259 Å². The predicted octanol–water partition coefficient (Wildman–Crippen LogP) is 2.73. The van der Waals surface area contributed by atoms with Crippen molar-refractivity contribution in [2.24, 2.45) is 23.7 Å². The summed E-state index contributed by atoms with van der Waals surface area (Å²) in [7, 11) is 1.52. The summed E-state index contributed by atoms with van der Waals surface area (Å²) in [4.78, 5) is 64.3. The highest BCUT2D eigenvalue weighted by Crippen LogP contribution is 2.24. The Morgan fingerprint density at radius 2 is 1.70 bits per heavy atom. The van der Waals surface area contributed by atoms with E-state index in [9.17, 15) is 29.4 Å². The maximum absolute atomic E-state index is 13.9. The Balaban J connectivity index is 2.35. The molecule has 2 aromatic heterocycles. The molecule has 0 fully saturated rings. The zero-order chi connectivity index (χ0) is 33.0. The molecule has 0 aliphatic rings. The first kappa shape index (κ1) is 36.2. The molecule has 6 unspecified atom stereocenters. The first-order chi connectivity index (χ1) is 20.8. The van der Waals surface area contributed by atoms with Crippen LogP contribution in [0.2, 0.25) is 0 Å². The largest absolute Gasteiger partial charge is 0.465 e. The fourth-order valence-corrected chi connectivity index (χ4v) is 5.12. The summed E-state index contributed by atoms with van der Waals surface area (Å²) in [6, 6.07) is 2.02. The van der Waals surface area contributed by atoms with E-state index in [1.807, 2.05) is 41.5 Å². The van der Waals surface area contributed by atoms with Crippen molar-refractivity contribution >= 4 is 29.6 Å². The summed E-state index contributed by atoms with van der Waals surface area (Å²) in [6.07, 6.45) is 2.94. The van der Waals surface area contributed by atoms with Crippen molar-refractivity contribution in [3.63, 3.8) is 0 Å². The molecule has 4 amide bonds. The second-order valence-corrected chi connectivity index (χ2v) is 12.0. The van der Waals surface area contributed by atoms with Gasteiger partial charge in [0.1, 0.15) is 17.9 Å². The molecular weight excluding hydrogens is 566 g/mol. The number of hydrogen-bond acceptors (Lipinski definition) is 7. The van der Waals surface area contributed by atoms with Crippen LogP contribution >= 0.6 is 0 Å². The van der Waals surface area contributed by atoms with Crippen LogP contribution in [0.5, 0.6) is 0 Å². The fourth-order valence-electron chi connectivity index (χ4n) is 5.12. The molecular formula is C31H49N7O6. The van der Waals surface area contributed by atoms with Crippen molar-refractivity contribution in [3.05, 3.63) is 42.6 Å². The zero-order valence-electron chi connectivity index (χ0n) is 26.8. The van der Waals surface area contributed by atoms with Crippen molar-refractivity contribution < 1.29 is 29.4 Å². The molecule has 0 saturated heterocycles. The average Bonchev–Trinajstić information content (AvgIpc) is 3.50. The maximum Gasteiger partial charge on any atom is 0.413 e. The molecule has 0 aromatic carbocycles. The topological polar surface area (TPSA) is 190 Å². The normalized spacial score (nSPS) is 15.5. The van der Waals surface area contributed by atoms with Gasteiger partial charge in [-0.25, -0.2) is 19.7 Å². The number of carbonyl (C=O) groups excluding carboxylic acids is 3. The Bertz CT molecular complexity index is 1190. The second kappa shape index (κ2) is 17.3. The van der Waals surface area contributed by atoms with Gasteiger partial charge in [0.2, 0.25) is 17.7 Å². The summed E-state index contributed by atoms with van der Waals surface area (Å²) in [5, 5.41) is 30.0. The van der Waals surface area contributed by atoms with Gasteiger partial charge in [-0.2, -0.15) is 0 Å². The Morgan fingerprint density at radius 1 is 1.00 bits per heavy atom. The van der Waals surface area contributed by atoms with E-state index in [1.165, 1.54) is 31.8 Å². The molecule has 2 aromatic rings. The van der Waals surface area contributed by atoms with Gasteiger partial charge in [0.15, 0.2) is 0 Å². The lowest BCUT2D eigenvalue weighted by Crippen LogP contribution is -2.56. The van der Waals surface area contributed by atoms with Gasteiger partial charge in [-0.05, 0) is 42.7 Å². The highest BCUT2D eigenvalue weighted by Gasteiger charge is 2.37. The van der Waals surface area contributed by atoms with E-state index in [-0.39, 0.29) is 48.2 Å². The highest BCUT2D eigenvalue weighted by molar-refractivity contribution is 5.96. The minimum absolute atomic E-state index is 0.0211. The van der Waals surface area contributed by atoms with Crippen LogP contribution in [0.1, 0.15) is 66.5 Å². The molecule has 244 valence electrons. The van der Waals surface area contributed by atoms with E-state index < -0.39 is 42.1 Å². The van der Waals surface area contributed by atoms with Gasteiger partial charge in [0.25, 0.3) is 0 Å². The summed E-state index contributed by atoms with van der Waals surface area (Å²) in [6.45, 7) is 11.4. The molecule has 6 N–H and O–H groups in total. The van der Waals surface area contributed by atoms with E-state index in [0.29, 0.717) is 18.5 Å². The average molecular weight is 616 g/mol. The number of hydrogen-bond donors (Lipinski definition) is 6. The number of anilines is 1. The van der Waals surface area contributed by atoms with Crippen LogP contribution < -0.4 is 20.9 Å². The molecule has 0 bridgehead atoms. The number of imidazole rings is 1. The smallest absolute Gasteiger partial charge is 0.413 e. The Hall–Kier alpha value is -4.00. The number of H-pyrrole nitrogens is 1. The summed E-state index contributed by atoms with van der Waals surface area (Å²) < 4.78 is 0. The van der Waals surface area contributed by atoms with Crippen LogP contribution in [0.15, 0.2) is 36.9 Å². The standard InChI is InChI=1S/C31H49N7O6/c1-8-20(6)27(30(42)32-7)37-28(40)22(19(4)5)15-25(39)23(13-18(2)3)36-29(41)24(14-21-16-33-17-35-21)38(31(43)44)26-11-9-10-12-34-26/h9-12,16-20,22-25,27,39H,8,13-15H2,1-7H3,(H,32,42)(H,33,35)(H,36,41)(H,37,40)(H,43,44). The van der Waals surface area contributed by atoms with Crippen LogP contribution in [0, 0.1) is 23.7 Å². The van der Waals surface area contributed by atoms with Crippen molar-refractivity contribution in [2.45, 2.75) is 91.5 Å². The molecule has 6 atom stereocenters. The lowest BCUT2D eigenvalue weighted by Gasteiger charge is -2.33. The van der Waals surface area contributed by atoms with Crippen molar-refractivity contribution in [3.8, 4) is 0 Å². The summed E-state index contributed by atoms with van der Waals surface area (Å²) in [5.74, 6) is -2.08. The van der Waals surface area contributed by atoms with Gasteiger partial charge >= 0.3 is 6.09 Å². The van der Waals surface area contributed by atoms with Crippen LogP contribution in [0.3, 0.4) is 0 Å². The SMILES string of the molecule is CCC(C)C(NC(=O)C(CC(O)C(CC(C)C)NC(=O)C(Cc1cnc[nH]1)N(C(=O)O)c1ccccn1)C(C)C)C(=O)NC. The van der Waals surface area contributed by atoms with E-state index in [2.05, 4.69) is 30.9 Å². The van der Waals surface area contributed by atoms with Gasteiger partial charge in [0, 0.05) is 37.5 Å². The van der Waals surface area contributed by atoms with Crippen molar-refractivity contribution in [1.82, 2.24) is 30.9 Å². The third-order valence-corrected chi connectivity index (χ3v) is 7.88. The number of aromatic amines is 1. The molecule has 44 heavy (non-hydrogen) atoms. The van der Waals surface area contributed by atoms with E-state index in [4.69, 9.17) is 0 Å². The van der Waals surface area contributed by atoms with Crippen LogP contribution in [0.4, 0.5) is 10.6 Å². The summed E-state index contributed by atoms with van der Waals surface area (Å²) >= 11 is 0. The molecule has 0 aliphatic carbocycles. The molecule has 13 heteroatoms. The minimum atomic E-state index is -1.37. The number of nitrogens with zero attached hydrogens (tertiary/aromatic N) is 3. The van der Waals surface area contributed by atoms with Gasteiger partial charge in [-0.15, -0.1) is 0 Å². The number of nitrogens with one attached hydrogen (secondary N) is 4. The third kappa shape index (κ3) is 10.3. The quantitative estimate of drug-likeness (QED) is 0.157. The van der Waals surface area contributed by atoms with E-state index in [1.54, 1.807) is 12.1 Å². The van der Waals surface area contributed by atoms with Crippen LogP contribution in [-0.2, 0) is 20.8 Å². The molecule has 0 saturated carbocycles. The second-order valence-electron chi connectivity index (χ2n) is 12.0. The Kier molecular flexibility index (Phi) is 14.3.